The van der Waals surface area contributed by atoms with E-state index in [4.69, 9.17) is 9.72 Å². The Morgan fingerprint density at radius 1 is 1.09 bits per heavy atom. The van der Waals surface area contributed by atoms with Gasteiger partial charge < -0.3 is 9.84 Å². The van der Waals surface area contributed by atoms with E-state index in [1.54, 1.807) is 10.6 Å². The molecule has 0 fully saturated rings. The van der Waals surface area contributed by atoms with E-state index in [1.165, 1.54) is 0 Å². The predicted octanol–water partition coefficient (Wildman–Crippen LogP) is 5.99. The Hall–Kier alpha value is -3.45. The highest BCUT2D eigenvalue weighted by Gasteiger charge is 2.51. The maximum Gasteiger partial charge on any atom is 0.506 e. The summed E-state index contributed by atoms with van der Waals surface area (Å²) >= 11 is 3.45. The summed E-state index contributed by atoms with van der Waals surface area (Å²) in [5.74, 6) is 0.224. The average Bonchev–Trinajstić information content (AvgIpc) is 3.18. The monoisotopic (exact) mass is 530 g/mol. The number of fused-ring (bicyclic) bond motifs is 5. The van der Waals surface area contributed by atoms with Gasteiger partial charge in [0.15, 0.2) is 0 Å². The summed E-state index contributed by atoms with van der Waals surface area (Å²) in [5.41, 5.74) is 3.78. The van der Waals surface area contributed by atoms with Gasteiger partial charge in [0.05, 0.1) is 16.8 Å². The normalized spacial score (nSPS) is 18.4. The van der Waals surface area contributed by atoms with Gasteiger partial charge >= 0.3 is 6.16 Å². The van der Waals surface area contributed by atoms with Crippen molar-refractivity contribution in [3.05, 3.63) is 98.5 Å². The van der Waals surface area contributed by atoms with E-state index in [2.05, 4.69) is 40.2 Å². The van der Waals surface area contributed by atoms with Crippen molar-refractivity contribution in [2.24, 2.45) is 5.92 Å². The van der Waals surface area contributed by atoms with Crippen LogP contribution in [-0.2, 0) is 17.7 Å². The predicted molar refractivity (Wildman–Crippen MR) is 137 cm³/mol. The smallest absolute Gasteiger partial charge is 0.450 e. The fraction of sp³-hybridized carbons (Fsp3) is 0.250. The lowest BCUT2D eigenvalue weighted by Crippen LogP contribution is -2.49. The van der Waals surface area contributed by atoms with Crippen LogP contribution in [0.5, 0.6) is 0 Å². The van der Waals surface area contributed by atoms with Crippen molar-refractivity contribution in [1.82, 2.24) is 9.55 Å². The zero-order valence-electron chi connectivity index (χ0n) is 19.1. The van der Waals surface area contributed by atoms with Crippen LogP contribution in [0, 0.1) is 5.92 Å². The topological polar surface area (TPSA) is 81.4 Å². The van der Waals surface area contributed by atoms with Crippen LogP contribution in [0.15, 0.2) is 76.0 Å². The Morgan fingerprint density at radius 2 is 1.74 bits per heavy atom. The second-order valence-corrected chi connectivity index (χ2v) is 10.4. The Kier molecular flexibility index (Phi) is 5.07. The first kappa shape index (κ1) is 22.0. The number of aromatic nitrogens is 2. The van der Waals surface area contributed by atoms with Gasteiger partial charge in [-0.3, -0.25) is 9.36 Å². The lowest BCUT2D eigenvalue weighted by Gasteiger charge is -2.43. The molecule has 176 valence electrons. The maximum absolute atomic E-state index is 13.4. The molecule has 7 heteroatoms. The molecule has 0 amide bonds. The number of nitrogens with zero attached hydrogens (tertiary/aromatic N) is 2. The van der Waals surface area contributed by atoms with Crippen LogP contribution in [0.25, 0.3) is 22.0 Å². The molecule has 3 aromatic carbocycles. The first-order chi connectivity index (χ1) is 16.9. The van der Waals surface area contributed by atoms with E-state index in [-0.39, 0.29) is 17.4 Å². The quantitative estimate of drug-likeness (QED) is 0.329. The summed E-state index contributed by atoms with van der Waals surface area (Å²) in [4.78, 5) is 30.3. The standard InChI is InChI=1S/C28H23BrN2O4/c1-28(35-27(33)34,25-20-8-4-2-6-18(20)19-7-3-5-9-21(19)25)16-10-13-24-30-23-14-17(29)11-12-22(23)26(32)31(24)15-16/h2-9,11-12,14,16,25H,10,13,15H2,1H3,(H,33,34). The maximum atomic E-state index is 13.4. The van der Waals surface area contributed by atoms with Gasteiger partial charge in [-0.2, -0.15) is 0 Å². The van der Waals surface area contributed by atoms with Gasteiger partial charge in [-0.15, -0.1) is 0 Å². The summed E-state index contributed by atoms with van der Waals surface area (Å²) in [6.07, 6.45) is -0.0814. The number of hydrogen-bond acceptors (Lipinski definition) is 4. The number of halogens is 1. The van der Waals surface area contributed by atoms with Gasteiger partial charge in [-0.25, -0.2) is 9.78 Å². The van der Waals surface area contributed by atoms with Crippen LogP contribution in [0.2, 0.25) is 0 Å². The molecule has 2 aliphatic rings. The summed E-state index contributed by atoms with van der Waals surface area (Å²) in [7, 11) is 0. The van der Waals surface area contributed by atoms with Crippen LogP contribution < -0.4 is 5.56 Å². The number of carboxylic acid groups (broad SMARTS) is 1. The van der Waals surface area contributed by atoms with Crippen molar-refractivity contribution in [2.75, 3.05) is 0 Å². The Morgan fingerprint density at radius 3 is 2.40 bits per heavy atom. The third kappa shape index (κ3) is 3.40. The van der Waals surface area contributed by atoms with Crippen molar-refractivity contribution >= 4 is 33.0 Å². The van der Waals surface area contributed by atoms with E-state index in [0.717, 1.165) is 32.6 Å². The first-order valence-corrected chi connectivity index (χ1v) is 12.5. The molecule has 1 aromatic heterocycles. The number of benzene rings is 3. The molecule has 0 spiro atoms. The van der Waals surface area contributed by atoms with Gasteiger partial charge in [0.2, 0.25) is 0 Å². The third-order valence-corrected chi connectivity index (χ3v) is 8.13. The van der Waals surface area contributed by atoms with E-state index in [0.29, 0.717) is 30.3 Å². The van der Waals surface area contributed by atoms with Crippen LogP contribution in [0.3, 0.4) is 0 Å². The van der Waals surface area contributed by atoms with Crippen LogP contribution >= 0.6 is 15.9 Å². The van der Waals surface area contributed by atoms with Gasteiger partial charge in [-0.1, -0.05) is 64.5 Å². The zero-order chi connectivity index (χ0) is 24.3. The lowest BCUT2D eigenvalue weighted by atomic mass is 9.71. The van der Waals surface area contributed by atoms with Gasteiger partial charge in [0.1, 0.15) is 11.4 Å². The molecule has 1 aliphatic heterocycles. The van der Waals surface area contributed by atoms with Gasteiger partial charge in [0, 0.05) is 23.4 Å². The average molecular weight is 531 g/mol. The molecule has 2 heterocycles. The molecule has 2 unspecified atom stereocenters. The van der Waals surface area contributed by atoms with E-state index in [1.807, 2.05) is 43.3 Å². The highest BCUT2D eigenvalue weighted by Crippen LogP contribution is 2.54. The highest BCUT2D eigenvalue weighted by atomic mass is 79.9. The fourth-order valence-electron chi connectivity index (χ4n) is 6.04. The molecule has 2 atom stereocenters. The fourth-order valence-corrected chi connectivity index (χ4v) is 6.39. The summed E-state index contributed by atoms with van der Waals surface area (Å²) in [6, 6.07) is 21.7. The molecular formula is C28H23BrN2O4. The molecule has 4 aromatic rings. The summed E-state index contributed by atoms with van der Waals surface area (Å²) in [6.45, 7) is 2.23. The SMILES string of the molecule is CC(OC(=O)O)(C1CCc2nc3cc(Br)ccc3c(=O)n2C1)C1c2ccccc2-c2ccccc21. The van der Waals surface area contributed by atoms with Crippen LogP contribution in [0.4, 0.5) is 4.79 Å². The molecule has 1 aliphatic carbocycles. The molecule has 0 radical (unpaired) electrons. The highest BCUT2D eigenvalue weighted by molar-refractivity contribution is 9.10. The van der Waals surface area contributed by atoms with Gasteiger partial charge in [0.25, 0.3) is 5.56 Å². The van der Waals surface area contributed by atoms with Gasteiger partial charge in [-0.05, 0) is 53.8 Å². The molecule has 0 bridgehead atoms. The molecule has 6 nitrogen and oxygen atoms in total. The first-order valence-electron chi connectivity index (χ1n) is 11.7. The number of rotatable bonds is 3. The molecule has 35 heavy (non-hydrogen) atoms. The summed E-state index contributed by atoms with van der Waals surface area (Å²) in [5, 5.41) is 10.4. The van der Waals surface area contributed by atoms with Crippen molar-refractivity contribution < 1.29 is 14.6 Å². The van der Waals surface area contributed by atoms with Crippen molar-refractivity contribution in [1.29, 1.82) is 0 Å². The van der Waals surface area contributed by atoms with Crippen LogP contribution in [0.1, 0.15) is 36.2 Å². The molecule has 0 saturated carbocycles. The Labute approximate surface area is 210 Å². The molecular weight excluding hydrogens is 508 g/mol. The van der Waals surface area contributed by atoms with E-state index in [9.17, 15) is 14.7 Å². The number of hydrogen-bond donors (Lipinski definition) is 1. The molecule has 6 rings (SSSR count). The summed E-state index contributed by atoms with van der Waals surface area (Å²) < 4.78 is 8.39. The minimum atomic E-state index is -1.31. The van der Waals surface area contributed by atoms with Crippen LogP contribution in [-0.4, -0.2) is 26.4 Å². The Balaban J connectivity index is 1.49. The third-order valence-electron chi connectivity index (χ3n) is 7.64. The zero-order valence-corrected chi connectivity index (χ0v) is 20.7. The minimum absolute atomic E-state index is 0.105. The Bertz CT molecular complexity index is 1520. The second-order valence-electron chi connectivity index (χ2n) is 9.50. The number of ether oxygens (including phenoxy) is 1. The lowest BCUT2D eigenvalue weighted by molar-refractivity contribution is -0.0650. The number of aryl methyl sites for hydroxylation is 1. The largest absolute Gasteiger partial charge is 0.506 e. The van der Waals surface area contributed by atoms with E-state index >= 15 is 0 Å². The minimum Gasteiger partial charge on any atom is -0.450 e. The van der Waals surface area contributed by atoms with Crippen molar-refractivity contribution in [3.8, 4) is 11.1 Å². The number of carbonyl (C=O) groups is 1. The molecule has 1 N–H and O–H groups in total. The van der Waals surface area contributed by atoms with E-state index < -0.39 is 11.8 Å². The van der Waals surface area contributed by atoms with Crippen molar-refractivity contribution in [2.45, 2.75) is 37.8 Å². The second kappa shape index (κ2) is 8.05. The molecule has 0 saturated heterocycles. The van der Waals surface area contributed by atoms with Crippen molar-refractivity contribution in [3.63, 3.8) is 0 Å².